The molecule has 19 heavy (non-hydrogen) atoms. The van der Waals surface area contributed by atoms with Crippen LogP contribution in [0.3, 0.4) is 0 Å². The minimum Gasteiger partial charge on any atom is -0.451 e. The summed E-state index contributed by atoms with van der Waals surface area (Å²) >= 11 is 0. The van der Waals surface area contributed by atoms with Crippen molar-refractivity contribution < 1.29 is 9.21 Å². The zero-order valence-electron chi connectivity index (χ0n) is 10.3. The highest BCUT2D eigenvalue weighted by Gasteiger charge is 2.28. The quantitative estimate of drug-likeness (QED) is 0.842. The molecule has 0 unspecified atom stereocenters. The molecule has 1 heterocycles. The highest BCUT2D eigenvalue weighted by Crippen LogP contribution is 2.18. The fraction of sp³-hybridized carbons (Fsp3) is 0.286. The van der Waals surface area contributed by atoms with Gasteiger partial charge in [-0.15, -0.1) is 0 Å². The number of hydrogen-bond acceptors (Lipinski definition) is 4. The molecule has 1 aromatic carbocycles. The number of hydrogen-bond donors (Lipinski definition) is 2. The summed E-state index contributed by atoms with van der Waals surface area (Å²) < 4.78 is 5.46. The summed E-state index contributed by atoms with van der Waals surface area (Å²) in [5, 5.41) is 3.28. The summed E-state index contributed by atoms with van der Waals surface area (Å²) in [7, 11) is 0. The lowest BCUT2D eigenvalue weighted by molar-refractivity contribution is 0.0882. The van der Waals surface area contributed by atoms with Crippen LogP contribution in [-0.2, 0) is 0 Å². The first-order valence-corrected chi connectivity index (χ1v) is 6.23. The Morgan fingerprint density at radius 2 is 2.05 bits per heavy atom. The van der Waals surface area contributed by atoms with Gasteiger partial charge >= 0.3 is 0 Å². The Hall–Kier alpha value is -2.14. The number of fused-ring (bicyclic) bond motifs is 1. The number of carbonyl (C=O) groups excluding carboxylic acids is 1. The van der Waals surface area contributed by atoms with Gasteiger partial charge in [0.2, 0.25) is 0 Å². The minimum atomic E-state index is -0.361. The maximum absolute atomic E-state index is 12.0. The Balaban J connectivity index is 1.88. The third-order valence-electron chi connectivity index (χ3n) is 3.37. The van der Waals surface area contributed by atoms with Crippen molar-refractivity contribution >= 4 is 16.9 Å². The van der Waals surface area contributed by atoms with Gasteiger partial charge in [-0.1, -0.05) is 12.1 Å². The van der Waals surface area contributed by atoms with Crippen LogP contribution in [0.2, 0.25) is 0 Å². The van der Waals surface area contributed by atoms with Crippen LogP contribution < -0.4 is 16.5 Å². The molecule has 1 aliphatic carbocycles. The van der Waals surface area contributed by atoms with Crippen LogP contribution in [0.1, 0.15) is 23.4 Å². The largest absolute Gasteiger partial charge is 0.451 e. The fourth-order valence-corrected chi connectivity index (χ4v) is 2.25. The molecule has 5 heteroatoms. The van der Waals surface area contributed by atoms with Crippen LogP contribution in [0.4, 0.5) is 0 Å². The van der Waals surface area contributed by atoms with Crippen molar-refractivity contribution in [2.24, 2.45) is 5.73 Å². The van der Waals surface area contributed by atoms with Crippen molar-refractivity contribution in [3.8, 4) is 0 Å². The van der Waals surface area contributed by atoms with E-state index in [1.165, 1.54) is 6.07 Å². The van der Waals surface area contributed by atoms with Crippen molar-refractivity contribution in [3.05, 3.63) is 46.3 Å². The molecule has 0 spiro atoms. The second kappa shape index (κ2) is 4.51. The fourth-order valence-electron chi connectivity index (χ4n) is 2.25. The van der Waals surface area contributed by atoms with E-state index in [1.807, 2.05) is 0 Å². The van der Waals surface area contributed by atoms with Crippen LogP contribution in [0, 0.1) is 0 Å². The first kappa shape index (κ1) is 11.9. The van der Waals surface area contributed by atoms with Crippen LogP contribution in [0.5, 0.6) is 0 Å². The van der Waals surface area contributed by atoms with Crippen molar-refractivity contribution in [3.63, 3.8) is 0 Å². The molecule has 1 aromatic heterocycles. The Bertz CT molecular complexity index is 686. The molecule has 3 N–H and O–H groups in total. The maximum Gasteiger partial charge on any atom is 0.287 e. The van der Waals surface area contributed by atoms with E-state index >= 15 is 0 Å². The summed E-state index contributed by atoms with van der Waals surface area (Å²) in [6.45, 7) is 0. The first-order valence-electron chi connectivity index (χ1n) is 6.23. The lowest BCUT2D eigenvalue weighted by atomic mass is 9.87. The normalized spacial score (nSPS) is 21.9. The molecular formula is C14H14N2O3. The molecule has 2 aromatic rings. The zero-order valence-corrected chi connectivity index (χ0v) is 10.3. The molecule has 0 aliphatic heterocycles. The lowest BCUT2D eigenvalue weighted by Crippen LogP contribution is -2.50. The van der Waals surface area contributed by atoms with E-state index in [4.69, 9.17) is 10.2 Å². The third kappa shape index (κ3) is 2.24. The van der Waals surface area contributed by atoms with Crippen LogP contribution in [-0.4, -0.2) is 18.0 Å². The third-order valence-corrected chi connectivity index (χ3v) is 3.37. The molecule has 3 rings (SSSR count). The predicted molar refractivity (Wildman–Crippen MR) is 70.9 cm³/mol. The molecule has 1 fully saturated rings. The second-order valence-corrected chi connectivity index (χ2v) is 4.87. The van der Waals surface area contributed by atoms with Gasteiger partial charge in [-0.05, 0) is 25.0 Å². The second-order valence-electron chi connectivity index (χ2n) is 4.87. The van der Waals surface area contributed by atoms with E-state index in [-0.39, 0.29) is 29.2 Å². The van der Waals surface area contributed by atoms with E-state index in [9.17, 15) is 9.59 Å². The van der Waals surface area contributed by atoms with Gasteiger partial charge in [0, 0.05) is 18.2 Å². The summed E-state index contributed by atoms with van der Waals surface area (Å²) in [6.07, 6.45) is 1.53. The highest BCUT2D eigenvalue weighted by atomic mass is 16.3. The zero-order chi connectivity index (χ0) is 13.4. The van der Waals surface area contributed by atoms with Gasteiger partial charge in [0.05, 0.1) is 5.39 Å². The average molecular weight is 258 g/mol. The predicted octanol–water partition coefficient (Wildman–Crippen LogP) is 1.01. The van der Waals surface area contributed by atoms with Gasteiger partial charge in [-0.3, -0.25) is 9.59 Å². The van der Waals surface area contributed by atoms with Crippen molar-refractivity contribution in [1.82, 2.24) is 5.32 Å². The highest BCUT2D eigenvalue weighted by molar-refractivity contribution is 5.93. The van der Waals surface area contributed by atoms with E-state index < -0.39 is 0 Å². The molecule has 1 saturated carbocycles. The standard InChI is InChI=1S/C14H14N2O3/c15-8-5-9(6-8)16-14(18)13-7-11(17)10-3-1-2-4-12(10)19-13/h1-4,7-9H,5-6,15H2,(H,16,18). The molecule has 1 amide bonds. The van der Waals surface area contributed by atoms with Crippen molar-refractivity contribution in [2.45, 2.75) is 24.9 Å². The van der Waals surface area contributed by atoms with Gasteiger partial charge < -0.3 is 15.5 Å². The Labute approximate surface area is 109 Å². The number of rotatable bonds is 2. The summed E-state index contributed by atoms with van der Waals surface area (Å²) in [6, 6.07) is 8.34. The number of nitrogens with one attached hydrogen (secondary N) is 1. The lowest BCUT2D eigenvalue weighted by Gasteiger charge is -2.32. The molecule has 0 radical (unpaired) electrons. The maximum atomic E-state index is 12.0. The number of amides is 1. The molecule has 0 atom stereocenters. The summed E-state index contributed by atoms with van der Waals surface area (Å²) in [5.41, 5.74) is 5.87. The van der Waals surface area contributed by atoms with E-state index in [0.717, 1.165) is 12.8 Å². The van der Waals surface area contributed by atoms with E-state index in [0.29, 0.717) is 11.0 Å². The van der Waals surface area contributed by atoms with Crippen LogP contribution in [0.25, 0.3) is 11.0 Å². The smallest absolute Gasteiger partial charge is 0.287 e. The average Bonchev–Trinajstić information content (AvgIpc) is 2.37. The SMILES string of the molecule is NC1CC(NC(=O)c2cc(=O)c3ccccc3o2)C1. The van der Waals surface area contributed by atoms with Crippen molar-refractivity contribution in [1.29, 1.82) is 0 Å². The Morgan fingerprint density at radius 1 is 1.32 bits per heavy atom. The van der Waals surface area contributed by atoms with Gasteiger partial charge in [0.15, 0.2) is 11.2 Å². The van der Waals surface area contributed by atoms with Crippen LogP contribution in [0.15, 0.2) is 39.5 Å². The first-order chi connectivity index (χ1) is 9.13. The van der Waals surface area contributed by atoms with Crippen LogP contribution >= 0.6 is 0 Å². The Kier molecular flexibility index (Phi) is 2.83. The minimum absolute atomic E-state index is 0.0455. The monoisotopic (exact) mass is 258 g/mol. The van der Waals surface area contributed by atoms with Crippen molar-refractivity contribution in [2.75, 3.05) is 0 Å². The van der Waals surface area contributed by atoms with Gasteiger partial charge in [0.25, 0.3) is 5.91 Å². The van der Waals surface area contributed by atoms with Gasteiger partial charge in [0.1, 0.15) is 5.58 Å². The Morgan fingerprint density at radius 3 is 2.79 bits per heavy atom. The topological polar surface area (TPSA) is 85.3 Å². The molecule has 0 bridgehead atoms. The molecule has 1 aliphatic rings. The number of benzene rings is 1. The molecule has 0 saturated heterocycles. The number of carbonyl (C=O) groups is 1. The number of para-hydroxylation sites is 1. The number of nitrogens with two attached hydrogens (primary N) is 1. The molecule has 5 nitrogen and oxygen atoms in total. The van der Waals surface area contributed by atoms with Gasteiger partial charge in [-0.2, -0.15) is 0 Å². The van der Waals surface area contributed by atoms with E-state index in [2.05, 4.69) is 5.32 Å². The molecule has 98 valence electrons. The van der Waals surface area contributed by atoms with E-state index in [1.54, 1.807) is 24.3 Å². The summed E-state index contributed by atoms with van der Waals surface area (Å²) in [5.74, 6) is -0.316. The summed E-state index contributed by atoms with van der Waals surface area (Å²) in [4.78, 5) is 23.8. The van der Waals surface area contributed by atoms with Gasteiger partial charge in [-0.25, -0.2) is 0 Å². The molecular weight excluding hydrogens is 244 g/mol.